The van der Waals surface area contributed by atoms with Gasteiger partial charge in [-0.05, 0) is 18.6 Å². The summed E-state index contributed by atoms with van der Waals surface area (Å²) in [4.78, 5) is 0. The number of aryl methyl sites for hydroxylation is 1. The first-order valence-electron chi connectivity index (χ1n) is 4.05. The van der Waals surface area contributed by atoms with Crippen LogP contribution in [0.5, 0.6) is 11.5 Å². The maximum atomic E-state index is 9.50. The molecule has 1 aromatic carbocycles. The van der Waals surface area contributed by atoms with E-state index in [9.17, 15) is 5.11 Å². The van der Waals surface area contributed by atoms with Gasteiger partial charge in [-0.15, -0.1) is 0 Å². The molecule has 2 nitrogen and oxygen atoms in total. The van der Waals surface area contributed by atoms with Gasteiger partial charge in [-0.25, -0.2) is 0 Å². The largest absolute Gasteiger partial charge is 0.504 e. The number of hydrogen-bond acceptors (Lipinski definition) is 2. The summed E-state index contributed by atoms with van der Waals surface area (Å²) in [5, 5.41) is 10.8. The summed E-state index contributed by atoms with van der Waals surface area (Å²) < 4.78 is 5.04. The summed E-state index contributed by atoms with van der Waals surface area (Å²) >= 11 is 0. The van der Waals surface area contributed by atoms with E-state index in [4.69, 9.17) is 4.74 Å². The number of hydrogen-bond donors (Lipinski definition) is 1. The lowest BCUT2D eigenvalue weighted by Crippen LogP contribution is -2.10. The highest BCUT2D eigenvalue weighted by molar-refractivity contribution is 6.52. The van der Waals surface area contributed by atoms with Crippen molar-refractivity contribution in [3.05, 3.63) is 17.7 Å². The maximum absolute atomic E-state index is 9.50. The number of phenolic OH excluding ortho intramolecular Hbond substituents is 1. The maximum Gasteiger partial charge on any atom is 0.163 e. The molecular formula is C9H14O2Si. The standard InChI is InChI=1S/C9H14O2Si/c1-6-4-7(12-3)5-8(10)9(6)11-2/h4-5,10H,12H2,1-3H3. The van der Waals surface area contributed by atoms with Crippen LogP contribution in [0.25, 0.3) is 0 Å². The molecule has 0 heterocycles. The lowest BCUT2D eigenvalue weighted by molar-refractivity contribution is 0.371. The molecule has 12 heavy (non-hydrogen) atoms. The zero-order valence-corrected chi connectivity index (χ0v) is 9.13. The van der Waals surface area contributed by atoms with Gasteiger partial charge >= 0.3 is 0 Å². The molecule has 0 fully saturated rings. The number of rotatable bonds is 2. The van der Waals surface area contributed by atoms with Gasteiger partial charge < -0.3 is 9.84 Å². The second-order valence-electron chi connectivity index (χ2n) is 2.82. The van der Waals surface area contributed by atoms with Crippen LogP contribution in [0.2, 0.25) is 6.55 Å². The van der Waals surface area contributed by atoms with E-state index < -0.39 is 0 Å². The fourth-order valence-electron chi connectivity index (χ4n) is 1.30. The Balaban J connectivity index is 3.18. The van der Waals surface area contributed by atoms with Crippen molar-refractivity contribution in [2.45, 2.75) is 13.5 Å². The van der Waals surface area contributed by atoms with Crippen molar-refractivity contribution in [2.75, 3.05) is 7.11 Å². The van der Waals surface area contributed by atoms with Crippen LogP contribution in [-0.4, -0.2) is 21.7 Å². The number of aromatic hydroxyl groups is 1. The summed E-state index contributed by atoms with van der Waals surface area (Å²) in [6.07, 6.45) is 0. The van der Waals surface area contributed by atoms with Crippen LogP contribution >= 0.6 is 0 Å². The smallest absolute Gasteiger partial charge is 0.163 e. The number of ether oxygens (including phenoxy) is 1. The van der Waals surface area contributed by atoms with Crippen molar-refractivity contribution < 1.29 is 9.84 Å². The second kappa shape index (κ2) is 3.63. The minimum atomic E-state index is -0.191. The van der Waals surface area contributed by atoms with Gasteiger partial charge in [-0.1, -0.05) is 17.8 Å². The van der Waals surface area contributed by atoms with Gasteiger partial charge in [0.25, 0.3) is 0 Å². The van der Waals surface area contributed by atoms with Crippen molar-refractivity contribution in [2.24, 2.45) is 0 Å². The molecule has 0 saturated carbocycles. The molecule has 0 bridgehead atoms. The van der Waals surface area contributed by atoms with E-state index in [0.717, 1.165) is 5.56 Å². The van der Waals surface area contributed by atoms with Crippen LogP contribution in [0.3, 0.4) is 0 Å². The fourth-order valence-corrected chi connectivity index (χ4v) is 2.21. The first-order valence-corrected chi connectivity index (χ1v) is 6.17. The molecule has 0 atom stereocenters. The lowest BCUT2D eigenvalue weighted by Gasteiger charge is -2.08. The molecule has 66 valence electrons. The van der Waals surface area contributed by atoms with Crippen LogP contribution in [0.1, 0.15) is 5.56 Å². The SMILES string of the molecule is COc1c(C)cc([SiH2]C)cc1O. The van der Waals surface area contributed by atoms with Crippen molar-refractivity contribution in [1.82, 2.24) is 0 Å². The highest BCUT2D eigenvalue weighted by Crippen LogP contribution is 2.27. The monoisotopic (exact) mass is 182 g/mol. The predicted molar refractivity (Wildman–Crippen MR) is 53.4 cm³/mol. The quantitative estimate of drug-likeness (QED) is 0.677. The topological polar surface area (TPSA) is 29.5 Å². The van der Waals surface area contributed by atoms with Crippen molar-refractivity contribution in [3.63, 3.8) is 0 Å². The highest BCUT2D eigenvalue weighted by atomic mass is 28.2. The zero-order valence-electron chi connectivity index (χ0n) is 7.72. The van der Waals surface area contributed by atoms with Crippen molar-refractivity contribution >= 4 is 14.7 Å². The van der Waals surface area contributed by atoms with Gasteiger partial charge in [0.15, 0.2) is 11.5 Å². The Bertz CT molecular complexity index is 261. The van der Waals surface area contributed by atoms with E-state index in [1.165, 1.54) is 5.19 Å². The average Bonchev–Trinajstić information content (AvgIpc) is 2.03. The number of methoxy groups -OCH3 is 1. The van der Waals surface area contributed by atoms with Crippen molar-refractivity contribution in [1.29, 1.82) is 0 Å². The summed E-state index contributed by atoms with van der Waals surface area (Å²) in [6, 6.07) is 3.89. The molecule has 0 aromatic heterocycles. The molecule has 0 spiro atoms. The van der Waals surface area contributed by atoms with Gasteiger partial charge in [0.05, 0.1) is 16.6 Å². The van der Waals surface area contributed by atoms with Gasteiger partial charge in [0, 0.05) is 0 Å². The Kier molecular flexibility index (Phi) is 2.76. The molecule has 0 radical (unpaired) electrons. The Morgan fingerprint density at radius 3 is 2.50 bits per heavy atom. The second-order valence-corrected chi connectivity index (χ2v) is 4.34. The summed E-state index contributed by atoms with van der Waals surface area (Å²) in [5.74, 6) is 0.864. The van der Waals surface area contributed by atoms with Crippen molar-refractivity contribution in [3.8, 4) is 11.5 Å². The molecule has 0 aliphatic rings. The van der Waals surface area contributed by atoms with E-state index in [2.05, 4.69) is 12.6 Å². The highest BCUT2D eigenvalue weighted by Gasteiger charge is 2.05. The molecule has 1 N–H and O–H groups in total. The predicted octanol–water partition coefficient (Wildman–Crippen LogP) is 0.551. The van der Waals surface area contributed by atoms with E-state index in [1.54, 1.807) is 13.2 Å². The molecule has 1 rings (SSSR count). The molecule has 3 heteroatoms. The van der Waals surface area contributed by atoms with E-state index in [0.29, 0.717) is 5.75 Å². The minimum absolute atomic E-state index is 0.191. The van der Waals surface area contributed by atoms with E-state index in [-0.39, 0.29) is 15.3 Å². The van der Waals surface area contributed by atoms with Crippen LogP contribution in [0.4, 0.5) is 0 Å². The zero-order chi connectivity index (χ0) is 9.14. The molecular weight excluding hydrogens is 168 g/mol. The molecule has 0 amide bonds. The molecule has 0 aliphatic heterocycles. The van der Waals surface area contributed by atoms with Crippen LogP contribution in [0, 0.1) is 6.92 Å². The van der Waals surface area contributed by atoms with Gasteiger partial charge in [0.1, 0.15) is 0 Å². The lowest BCUT2D eigenvalue weighted by atomic mass is 10.2. The van der Waals surface area contributed by atoms with Gasteiger partial charge in [-0.2, -0.15) is 0 Å². The molecule has 0 saturated heterocycles. The average molecular weight is 182 g/mol. The summed E-state index contributed by atoms with van der Waals surface area (Å²) in [5.41, 5.74) is 1.02. The first kappa shape index (κ1) is 9.13. The van der Waals surface area contributed by atoms with E-state index >= 15 is 0 Å². The van der Waals surface area contributed by atoms with Gasteiger partial charge in [-0.3, -0.25) is 0 Å². The molecule has 0 aliphatic carbocycles. The fraction of sp³-hybridized carbons (Fsp3) is 0.333. The first-order chi connectivity index (χ1) is 5.69. The third-order valence-corrected chi connectivity index (χ3v) is 3.15. The normalized spacial score (nSPS) is 10.9. The summed E-state index contributed by atoms with van der Waals surface area (Å²) in [6.45, 7) is 4.15. The van der Waals surface area contributed by atoms with Crippen LogP contribution in [-0.2, 0) is 0 Å². The Hall–Kier alpha value is -0.963. The minimum Gasteiger partial charge on any atom is -0.504 e. The molecule has 0 unspecified atom stereocenters. The Morgan fingerprint density at radius 1 is 1.42 bits per heavy atom. The van der Waals surface area contributed by atoms with Gasteiger partial charge in [0.2, 0.25) is 0 Å². The molecule has 1 aromatic rings. The van der Waals surface area contributed by atoms with Crippen LogP contribution < -0.4 is 9.92 Å². The van der Waals surface area contributed by atoms with Crippen LogP contribution in [0.15, 0.2) is 12.1 Å². The Morgan fingerprint density at radius 2 is 2.08 bits per heavy atom. The third kappa shape index (κ3) is 1.61. The Labute approximate surface area is 75.0 Å². The number of benzene rings is 1. The number of phenols is 1. The third-order valence-electron chi connectivity index (χ3n) is 1.93. The summed E-state index contributed by atoms with van der Waals surface area (Å²) in [7, 11) is 1.38. The van der Waals surface area contributed by atoms with E-state index in [1.807, 2.05) is 6.92 Å².